The maximum atomic E-state index is 11.1. The van der Waals surface area contributed by atoms with Crippen LogP contribution in [-0.4, -0.2) is 15.9 Å². The number of rotatable bonds is 3. The molecule has 1 rings (SSSR count). The Morgan fingerprint density at radius 3 is 2.77 bits per heavy atom. The van der Waals surface area contributed by atoms with E-state index < -0.39 is 0 Å². The van der Waals surface area contributed by atoms with Crippen LogP contribution in [0.2, 0.25) is 0 Å². The van der Waals surface area contributed by atoms with Crippen LogP contribution in [0.15, 0.2) is 12.4 Å². The second-order valence-electron chi connectivity index (χ2n) is 2.84. The van der Waals surface area contributed by atoms with Gasteiger partial charge in [0.05, 0.1) is 18.1 Å². The minimum atomic E-state index is -0.0133. The summed E-state index contributed by atoms with van der Waals surface area (Å²) in [4.78, 5) is 19.1. The zero-order chi connectivity index (χ0) is 9.68. The van der Waals surface area contributed by atoms with Gasteiger partial charge in [0.2, 0.25) is 5.91 Å². The van der Waals surface area contributed by atoms with Gasteiger partial charge in [0.15, 0.2) is 5.82 Å². The molecule has 0 saturated carbocycles. The molecule has 0 aliphatic carbocycles. The summed E-state index contributed by atoms with van der Waals surface area (Å²) in [5.74, 6) is 0.504. The highest BCUT2D eigenvalue weighted by Crippen LogP contribution is 2.01. The van der Waals surface area contributed by atoms with Crippen molar-refractivity contribution in [2.24, 2.45) is 0 Å². The number of hydrogen-bond acceptors (Lipinski definition) is 3. The lowest BCUT2D eigenvalue weighted by atomic mass is 10.3. The molecule has 0 spiro atoms. The number of amides is 1. The maximum Gasteiger partial charge on any atom is 0.225 e. The van der Waals surface area contributed by atoms with Crippen LogP contribution >= 0.6 is 0 Å². The van der Waals surface area contributed by atoms with Crippen molar-refractivity contribution in [3.63, 3.8) is 0 Å². The predicted octanol–water partition coefficient (Wildman–Crippen LogP) is 1.52. The van der Waals surface area contributed by atoms with Crippen molar-refractivity contribution in [1.29, 1.82) is 0 Å². The van der Waals surface area contributed by atoms with Gasteiger partial charge in [-0.05, 0) is 13.3 Å². The fourth-order valence-corrected chi connectivity index (χ4v) is 0.890. The van der Waals surface area contributed by atoms with Crippen molar-refractivity contribution in [3.05, 3.63) is 18.1 Å². The van der Waals surface area contributed by atoms with E-state index in [2.05, 4.69) is 15.3 Å². The number of aromatic nitrogens is 2. The van der Waals surface area contributed by atoms with Gasteiger partial charge >= 0.3 is 0 Å². The van der Waals surface area contributed by atoms with Gasteiger partial charge in [-0.2, -0.15) is 0 Å². The van der Waals surface area contributed by atoms with Crippen LogP contribution in [-0.2, 0) is 4.79 Å². The van der Waals surface area contributed by atoms with Crippen LogP contribution in [0.3, 0.4) is 0 Å². The van der Waals surface area contributed by atoms with Crippen molar-refractivity contribution in [3.8, 4) is 0 Å². The smallest absolute Gasteiger partial charge is 0.225 e. The highest BCUT2D eigenvalue weighted by atomic mass is 16.1. The zero-order valence-corrected chi connectivity index (χ0v) is 7.87. The summed E-state index contributed by atoms with van der Waals surface area (Å²) in [6.45, 7) is 3.81. The molecule has 4 heteroatoms. The van der Waals surface area contributed by atoms with Gasteiger partial charge in [0.25, 0.3) is 0 Å². The third-order valence-electron chi connectivity index (χ3n) is 1.53. The Morgan fingerprint density at radius 2 is 2.23 bits per heavy atom. The number of carbonyl (C=O) groups excluding carboxylic acids is 1. The molecule has 0 fully saturated rings. The van der Waals surface area contributed by atoms with E-state index in [4.69, 9.17) is 0 Å². The Labute approximate surface area is 77.4 Å². The average molecular weight is 179 g/mol. The van der Waals surface area contributed by atoms with Crippen molar-refractivity contribution in [2.45, 2.75) is 26.7 Å². The van der Waals surface area contributed by atoms with Crippen LogP contribution in [0.1, 0.15) is 25.5 Å². The first kappa shape index (κ1) is 9.64. The lowest BCUT2D eigenvalue weighted by molar-refractivity contribution is -0.116. The fourth-order valence-electron chi connectivity index (χ4n) is 0.890. The van der Waals surface area contributed by atoms with Crippen molar-refractivity contribution in [1.82, 2.24) is 9.97 Å². The van der Waals surface area contributed by atoms with Crippen molar-refractivity contribution in [2.75, 3.05) is 5.32 Å². The molecular weight excluding hydrogens is 166 g/mol. The Bertz CT molecular complexity index is 281. The summed E-state index contributed by atoms with van der Waals surface area (Å²) in [6.07, 6.45) is 4.55. The number of hydrogen-bond donors (Lipinski definition) is 1. The van der Waals surface area contributed by atoms with E-state index in [1.165, 1.54) is 0 Å². The van der Waals surface area contributed by atoms with Crippen LogP contribution in [0.25, 0.3) is 0 Å². The molecule has 0 atom stereocenters. The highest BCUT2D eigenvalue weighted by Gasteiger charge is 2.00. The summed E-state index contributed by atoms with van der Waals surface area (Å²) in [5, 5.41) is 2.66. The van der Waals surface area contributed by atoms with Gasteiger partial charge in [-0.15, -0.1) is 0 Å². The van der Waals surface area contributed by atoms with Gasteiger partial charge in [-0.1, -0.05) is 6.92 Å². The Hall–Kier alpha value is -1.45. The summed E-state index contributed by atoms with van der Waals surface area (Å²) >= 11 is 0. The first-order chi connectivity index (χ1) is 6.22. The van der Waals surface area contributed by atoms with E-state index in [-0.39, 0.29) is 5.91 Å². The molecule has 70 valence electrons. The van der Waals surface area contributed by atoms with E-state index in [0.29, 0.717) is 12.2 Å². The first-order valence-electron chi connectivity index (χ1n) is 4.31. The summed E-state index contributed by atoms with van der Waals surface area (Å²) in [6, 6.07) is 0. The van der Waals surface area contributed by atoms with Gasteiger partial charge in [0.1, 0.15) is 0 Å². The number of nitrogens with one attached hydrogen (secondary N) is 1. The Morgan fingerprint density at radius 1 is 1.46 bits per heavy atom. The standard InChI is InChI=1S/C9H13N3O/c1-3-4-9(13)12-8-6-10-7(2)5-11-8/h5-6H,3-4H2,1-2H3,(H,11,12,13). The molecule has 0 aromatic carbocycles. The van der Waals surface area contributed by atoms with Crippen LogP contribution in [0.4, 0.5) is 5.82 Å². The molecule has 0 radical (unpaired) electrons. The largest absolute Gasteiger partial charge is 0.309 e. The molecule has 0 aliphatic rings. The number of anilines is 1. The van der Waals surface area contributed by atoms with E-state index in [9.17, 15) is 4.79 Å². The molecule has 0 saturated heterocycles. The van der Waals surface area contributed by atoms with Crippen molar-refractivity contribution >= 4 is 11.7 Å². The van der Waals surface area contributed by atoms with Crippen LogP contribution in [0, 0.1) is 6.92 Å². The maximum absolute atomic E-state index is 11.1. The molecule has 0 aliphatic heterocycles. The van der Waals surface area contributed by atoms with Gasteiger partial charge in [-0.25, -0.2) is 4.98 Å². The topological polar surface area (TPSA) is 54.9 Å². The molecule has 1 aromatic rings. The van der Waals surface area contributed by atoms with Crippen LogP contribution in [0.5, 0.6) is 0 Å². The minimum Gasteiger partial charge on any atom is -0.309 e. The van der Waals surface area contributed by atoms with Gasteiger partial charge in [-0.3, -0.25) is 9.78 Å². The van der Waals surface area contributed by atoms with E-state index in [1.54, 1.807) is 12.4 Å². The normalized spacial score (nSPS) is 9.69. The van der Waals surface area contributed by atoms with E-state index in [0.717, 1.165) is 12.1 Å². The predicted molar refractivity (Wildman–Crippen MR) is 50.3 cm³/mol. The quantitative estimate of drug-likeness (QED) is 0.765. The van der Waals surface area contributed by atoms with Crippen LogP contribution < -0.4 is 5.32 Å². The molecule has 1 N–H and O–H groups in total. The van der Waals surface area contributed by atoms with E-state index in [1.807, 2.05) is 13.8 Å². The second kappa shape index (κ2) is 4.54. The fraction of sp³-hybridized carbons (Fsp3) is 0.444. The van der Waals surface area contributed by atoms with Gasteiger partial charge in [0, 0.05) is 6.42 Å². The zero-order valence-electron chi connectivity index (χ0n) is 7.87. The molecular formula is C9H13N3O. The average Bonchev–Trinajstić information content (AvgIpc) is 2.09. The molecule has 0 unspecified atom stereocenters. The third-order valence-corrected chi connectivity index (χ3v) is 1.53. The molecule has 13 heavy (non-hydrogen) atoms. The summed E-state index contributed by atoms with van der Waals surface area (Å²) in [7, 11) is 0. The molecule has 1 heterocycles. The molecule has 1 amide bonds. The first-order valence-corrected chi connectivity index (χ1v) is 4.31. The third kappa shape index (κ3) is 3.19. The number of carbonyl (C=O) groups is 1. The second-order valence-corrected chi connectivity index (χ2v) is 2.84. The van der Waals surface area contributed by atoms with E-state index >= 15 is 0 Å². The number of aryl methyl sites for hydroxylation is 1. The monoisotopic (exact) mass is 179 g/mol. The summed E-state index contributed by atoms with van der Waals surface area (Å²) < 4.78 is 0. The SMILES string of the molecule is CCCC(=O)Nc1cnc(C)cn1. The lowest BCUT2D eigenvalue weighted by Crippen LogP contribution is -2.11. The minimum absolute atomic E-state index is 0.0133. The number of nitrogens with zero attached hydrogens (tertiary/aromatic N) is 2. The molecule has 0 bridgehead atoms. The molecule has 4 nitrogen and oxygen atoms in total. The summed E-state index contributed by atoms with van der Waals surface area (Å²) in [5.41, 5.74) is 0.841. The Balaban J connectivity index is 2.54. The Kier molecular flexibility index (Phi) is 3.37. The van der Waals surface area contributed by atoms with Crippen molar-refractivity contribution < 1.29 is 4.79 Å². The molecule has 1 aromatic heterocycles. The highest BCUT2D eigenvalue weighted by molar-refractivity contribution is 5.89. The van der Waals surface area contributed by atoms with Gasteiger partial charge < -0.3 is 5.32 Å². The lowest BCUT2D eigenvalue weighted by Gasteiger charge is -2.01.